The second-order valence-corrected chi connectivity index (χ2v) is 6.24. The molecule has 0 aromatic heterocycles. The van der Waals surface area contributed by atoms with Crippen LogP contribution >= 0.6 is 0 Å². The third kappa shape index (κ3) is 2.35. The topological polar surface area (TPSA) is 46.2 Å². The normalized spacial score (nSPS) is 42.9. The van der Waals surface area contributed by atoms with Crippen molar-refractivity contribution in [3.63, 3.8) is 0 Å². The van der Waals surface area contributed by atoms with Crippen LogP contribution < -0.4 is 0 Å². The molecule has 5 nitrogen and oxygen atoms in total. The molecule has 4 rings (SSSR count). The van der Waals surface area contributed by atoms with Gasteiger partial charge in [0.25, 0.3) is 0 Å². The Morgan fingerprint density at radius 2 is 1.73 bits per heavy atom. The van der Waals surface area contributed by atoms with Gasteiger partial charge in [-0.05, 0) is 13.8 Å². The van der Waals surface area contributed by atoms with E-state index in [1.54, 1.807) is 0 Å². The van der Waals surface area contributed by atoms with Gasteiger partial charge in [0, 0.05) is 5.56 Å². The zero-order chi connectivity index (χ0) is 15.3. The SMILES string of the molecule is CC1(C)O[C@H]2O[C@H]3[C@H](OC(c4ccccc4)O[C@@H]3CF)[C@H]2O1. The van der Waals surface area contributed by atoms with Crippen molar-refractivity contribution in [1.82, 2.24) is 0 Å². The monoisotopic (exact) mass is 310 g/mol. The largest absolute Gasteiger partial charge is 0.341 e. The summed E-state index contributed by atoms with van der Waals surface area (Å²) in [5, 5.41) is 0. The predicted molar refractivity (Wildman–Crippen MR) is 73.6 cm³/mol. The maximum absolute atomic E-state index is 13.4. The lowest BCUT2D eigenvalue weighted by Crippen LogP contribution is -2.50. The Balaban J connectivity index is 1.59. The number of alkyl halides is 1. The van der Waals surface area contributed by atoms with E-state index >= 15 is 0 Å². The van der Waals surface area contributed by atoms with Gasteiger partial charge in [0.1, 0.15) is 31.1 Å². The summed E-state index contributed by atoms with van der Waals surface area (Å²) in [5.74, 6) is -0.727. The van der Waals surface area contributed by atoms with E-state index < -0.39 is 43.4 Å². The molecule has 3 aliphatic rings. The highest BCUT2D eigenvalue weighted by atomic mass is 19.1. The van der Waals surface area contributed by atoms with Crippen LogP contribution in [0.25, 0.3) is 0 Å². The highest BCUT2D eigenvalue weighted by Crippen LogP contribution is 2.44. The molecule has 1 unspecified atom stereocenters. The summed E-state index contributed by atoms with van der Waals surface area (Å²) in [5.41, 5.74) is 0.848. The van der Waals surface area contributed by atoms with Crippen LogP contribution in [0, 0.1) is 0 Å². The summed E-state index contributed by atoms with van der Waals surface area (Å²) in [6.07, 6.45) is -3.16. The summed E-state index contributed by atoms with van der Waals surface area (Å²) in [7, 11) is 0. The highest BCUT2D eigenvalue weighted by molar-refractivity contribution is 5.17. The molecule has 0 bridgehead atoms. The van der Waals surface area contributed by atoms with Crippen LogP contribution in [-0.4, -0.2) is 43.2 Å². The van der Waals surface area contributed by atoms with Crippen LogP contribution in [0.1, 0.15) is 25.7 Å². The molecular formula is C16H19FO5. The lowest BCUT2D eigenvalue weighted by Gasteiger charge is -2.38. The van der Waals surface area contributed by atoms with Gasteiger partial charge in [0.15, 0.2) is 18.4 Å². The number of hydrogen-bond acceptors (Lipinski definition) is 5. The number of hydrogen-bond donors (Lipinski definition) is 0. The molecular weight excluding hydrogens is 291 g/mol. The van der Waals surface area contributed by atoms with Crippen molar-refractivity contribution in [2.75, 3.05) is 6.67 Å². The Labute approximate surface area is 128 Å². The van der Waals surface area contributed by atoms with Gasteiger partial charge >= 0.3 is 0 Å². The van der Waals surface area contributed by atoms with Crippen molar-refractivity contribution in [2.45, 2.75) is 56.6 Å². The summed E-state index contributed by atoms with van der Waals surface area (Å²) >= 11 is 0. The maximum Gasteiger partial charge on any atom is 0.190 e. The van der Waals surface area contributed by atoms with Crippen LogP contribution in [0.2, 0.25) is 0 Å². The van der Waals surface area contributed by atoms with Crippen molar-refractivity contribution < 1.29 is 28.1 Å². The van der Waals surface area contributed by atoms with E-state index in [9.17, 15) is 4.39 Å². The average molecular weight is 310 g/mol. The van der Waals surface area contributed by atoms with E-state index in [1.165, 1.54) is 0 Å². The molecule has 0 amide bonds. The van der Waals surface area contributed by atoms with Crippen molar-refractivity contribution in [3.05, 3.63) is 35.9 Å². The van der Waals surface area contributed by atoms with Gasteiger partial charge in [-0.25, -0.2) is 4.39 Å². The van der Waals surface area contributed by atoms with Crippen LogP contribution in [0.4, 0.5) is 4.39 Å². The number of rotatable bonds is 2. The second kappa shape index (κ2) is 5.25. The third-order valence-corrected chi connectivity index (χ3v) is 4.20. The Morgan fingerprint density at radius 1 is 0.955 bits per heavy atom. The molecule has 1 aromatic carbocycles. The van der Waals surface area contributed by atoms with Gasteiger partial charge < -0.3 is 23.7 Å². The zero-order valence-electron chi connectivity index (χ0n) is 12.5. The number of benzene rings is 1. The molecule has 6 heteroatoms. The number of ether oxygens (including phenoxy) is 5. The molecule has 3 fully saturated rings. The summed E-state index contributed by atoms with van der Waals surface area (Å²) in [6.45, 7) is 3.01. The van der Waals surface area contributed by atoms with Gasteiger partial charge in [-0.2, -0.15) is 0 Å². The Hall–Kier alpha value is -1.05. The van der Waals surface area contributed by atoms with E-state index in [0.29, 0.717) is 0 Å². The van der Waals surface area contributed by atoms with E-state index in [0.717, 1.165) is 5.56 Å². The average Bonchev–Trinajstić information content (AvgIpc) is 2.99. The fourth-order valence-corrected chi connectivity index (χ4v) is 3.26. The second-order valence-electron chi connectivity index (χ2n) is 6.24. The molecule has 3 saturated heterocycles. The van der Waals surface area contributed by atoms with Crippen molar-refractivity contribution in [1.29, 1.82) is 0 Å². The number of halogens is 1. The minimum absolute atomic E-state index is 0.371. The Kier molecular flexibility index (Phi) is 3.47. The quantitative estimate of drug-likeness (QED) is 0.839. The molecule has 22 heavy (non-hydrogen) atoms. The van der Waals surface area contributed by atoms with Gasteiger partial charge in [-0.1, -0.05) is 30.3 Å². The Bertz CT molecular complexity index is 537. The van der Waals surface area contributed by atoms with Crippen molar-refractivity contribution in [2.24, 2.45) is 0 Å². The molecule has 1 aromatic rings. The lowest BCUT2D eigenvalue weighted by atomic mass is 10.0. The molecule has 3 heterocycles. The molecule has 3 aliphatic heterocycles. The van der Waals surface area contributed by atoms with Crippen molar-refractivity contribution in [3.8, 4) is 0 Å². The summed E-state index contributed by atoms with van der Waals surface area (Å²) in [4.78, 5) is 0. The third-order valence-electron chi connectivity index (χ3n) is 4.20. The minimum Gasteiger partial charge on any atom is -0.341 e. The number of fused-ring (bicyclic) bond motifs is 3. The molecule has 0 radical (unpaired) electrons. The maximum atomic E-state index is 13.4. The van der Waals surface area contributed by atoms with Crippen LogP contribution in [0.15, 0.2) is 30.3 Å². The zero-order valence-corrected chi connectivity index (χ0v) is 12.5. The highest BCUT2D eigenvalue weighted by Gasteiger charge is 2.60. The lowest BCUT2D eigenvalue weighted by molar-refractivity contribution is -0.311. The van der Waals surface area contributed by atoms with Crippen LogP contribution in [0.5, 0.6) is 0 Å². The first-order chi connectivity index (χ1) is 10.6. The molecule has 120 valence electrons. The smallest absolute Gasteiger partial charge is 0.190 e. The van der Waals surface area contributed by atoms with E-state index in [2.05, 4.69) is 0 Å². The fourth-order valence-electron chi connectivity index (χ4n) is 3.26. The predicted octanol–water partition coefficient (Wildman–Crippen LogP) is 2.32. The van der Waals surface area contributed by atoms with E-state index in [1.807, 2.05) is 44.2 Å². The standard InChI is InChI=1S/C16H19FO5/c1-16(2)21-13-12-11(19-15(13)22-16)10(8-17)18-14(20-12)9-6-4-3-5-7-9/h3-7,10-15H,8H2,1-2H3/t10-,11-,12+,13-,14?,15-/m1/s1. The molecule has 0 aliphatic carbocycles. The van der Waals surface area contributed by atoms with Gasteiger partial charge in [-0.3, -0.25) is 0 Å². The van der Waals surface area contributed by atoms with Crippen molar-refractivity contribution >= 4 is 0 Å². The van der Waals surface area contributed by atoms with Gasteiger partial charge in [0.2, 0.25) is 0 Å². The summed E-state index contributed by atoms with van der Waals surface area (Å²) in [6, 6.07) is 9.48. The molecule has 0 N–H and O–H groups in total. The van der Waals surface area contributed by atoms with E-state index in [4.69, 9.17) is 23.7 Å². The van der Waals surface area contributed by atoms with E-state index in [-0.39, 0.29) is 6.10 Å². The molecule has 0 saturated carbocycles. The first-order valence-electron chi connectivity index (χ1n) is 7.50. The molecule has 6 atom stereocenters. The Morgan fingerprint density at radius 3 is 2.45 bits per heavy atom. The fraction of sp³-hybridized carbons (Fsp3) is 0.625. The first kappa shape index (κ1) is 14.5. The molecule has 0 spiro atoms. The first-order valence-corrected chi connectivity index (χ1v) is 7.50. The van der Waals surface area contributed by atoms with Crippen LogP contribution in [0.3, 0.4) is 0 Å². The minimum atomic E-state index is -0.727. The van der Waals surface area contributed by atoms with Crippen LogP contribution in [-0.2, 0) is 23.7 Å². The summed E-state index contributed by atoms with van der Waals surface area (Å²) < 4.78 is 42.5. The van der Waals surface area contributed by atoms with Gasteiger partial charge in [-0.15, -0.1) is 0 Å². The van der Waals surface area contributed by atoms with Gasteiger partial charge in [0.05, 0.1) is 0 Å².